The molecule has 2 rings (SSSR count). The molecule has 1 fully saturated rings. The molecule has 1 aromatic heterocycles. The van der Waals surface area contributed by atoms with E-state index >= 15 is 0 Å². The summed E-state index contributed by atoms with van der Waals surface area (Å²) < 4.78 is 0. The summed E-state index contributed by atoms with van der Waals surface area (Å²) >= 11 is 0. The van der Waals surface area contributed by atoms with Crippen LogP contribution in [0.2, 0.25) is 0 Å². The van der Waals surface area contributed by atoms with Crippen molar-refractivity contribution in [3.05, 3.63) is 29.1 Å². The van der Waals surface area contributed by atoms with Crippen molar-refractivity contribution in [1.29, 1.82) is 0 Å². The average molecular weight is 261 g/mol. The van der Waals surface area contributed by atoms with Gasteiger partial charge in [0.05, 0.1) is 11.3 Å². The lowest BCUT2D eigenvalue weighted by molar-refractivity contribution is 0.0694. The molecule has 4 nitrogen and oxygen atoms in total. The van der Waals surface area contributed by atoms with Crippen molar-refractivity contribution in [2.45, 2.75) is 39.7 Å². The predicted octanol–water partition coefficient (Wildman–Crippen LogP) is 1.91. The second-order valence-electron chi connectivity index (χ2n) is 5.23. The molecule has 1 aliphatic rings. The Morgan fingerprint density at radius 2 is 2.26 bits per heavy atom. The number of aryl methyl sites for hydroxylation is 2. The highest BCUT2D eigenvalue weighted by molar-refractivity contribution is 5.95. The van der Waals surface area contributed by atoms with E-state index in [2.05, 4.69) is 17.2 Å². The van der Waals surface area contributed by atoms with Crippen LogP contribution in [0.3, 0.4) is 0 Å². The van der Waals surface area contributed by atoms with Crippen LogP contribution in [0.5, 0.6) is 0 Å². The van der Waals surface area contributed by atoms with Gasteiger partial charge in [0.15, 0.2) is 0 Å². The number of carbonyl (C=O) groups is 1. The number of likely N-dealkylation sites (N-methyl/N-ethyl adjacent to an activating group) is 1. The third-order valence-electron chi connectivity index (χ3n) is 3.66. The molecule has 1 aromatic rings. The number of nitrogens with one attached hydrogen (secondary N) is 1. The van der Waals surface area contributed by atoms with Crippen LogP contribution in [0.15, 0.2) is 12.1 Å². The van der Waals surface area contributed by atoms with Gasteiger partial charge in [0, 0.05) is 24.8 Å². The van der Waals surface area contributed by atoms with Gasteiger partial charge in [-0.15, -0.1) is 0 Å². The largest absolute Gasteiger partial charge is 0.337 e. The highest BCUT2D eigenvalue weighted by Gasteiger charge is 2.24. The van der Waals surface area contributed by atoms with Crippen LogP contribution in [-0.2, 0) is 0 Å². The zero-order valence-corrected chi connectivity index (χ0v) is 12.1. The van der Waals surface area contributed by atoms with E-state index in [0.717, 1.165) is 49.4 Å². The standard InChI is InChI=1S/C15H23N3O/c1-4-16-13-6-5-9-18(10-13)15(19)14-8-7-11(2)17-12(14)3/h7-8,13,16H,4-6,9-10H2,1-3H3. The van der Waals surface area contributed by atoms with E-state index in [1.54, 1.807) is 0 Å². The summed E-state index contributed by atoms with van der Waals surface area (Å²) in [5.41, 5.74) is 2.52. The molecule has 2 heterocycles. The fourth-order valence-corrected chi connectivity index (χ4v) is 2.70. The van der Waals surface area contributed by atoms with Gasteiger partial charge < -0.3 is 10.2 Å². The molecular formula is C15H23N3O. The molecule has 0 aliphatic carbocycles. The maximum Gasteiger partial charge on any atom is 0.255 e. The zero-order valence-electron chi connectivity index (χ0n) is 12.1. The van der Waals surface area contributed by atoms with Crippen LogP contribution >= 0.6 is 0 Å². The first kappa shape index (κ1) is 14.0. The summed E-state index contributed by atoms with van der Waals surface area (Å²) in [5, 5.41) is 3.43. The number of pyridine rings is 1. The minimum Gasteiger partial charge on any atom is -0.337 e. The molecule has 1 aliphatic heterocycles. The van der Waals surface area contributed by atoms with Gasteiger partial charge in [0.1, 0.15) is 0 Å². The lowest BCUT2D eigenvalue weighted by Gasteiger charge is -2.33. The molecule has 19 heavy (non-hydrogen) atoms. The van der Waals surface area contributed by atoms with Gasteiger partial charge in [0.2, 0.25) is 0 Å². The molecule has 104 valence electrons. The van der Waals surface area contributed by atoms with Crippen LogP contribution in [0, 0.1) is 13.8 Å². The summed E-state index contributed by atoms with van der Waals surface area (Å²) in [7, 11) is 0. The van der Waals surface area contributed by atoms with Gasteiger partial charge in [-0.25, -0.2) is 0 Å². The van der Waals surface area contributed by atoms with Gasteiger partial charge in [-0.1, -0.05) is 6.92 Å². The first-order chi connectivity index (χ1) is 9.11. The lowest BCUT2D eigenvalue weighted by atomic mass is 10.0. The van der Waals surface area contributed by atoms with Crippen molar-refractivity contribution in [2.24, 2.45) is 0 Å². The van der Waals surface area contributed by atoms with Crippen LogP contribution in [-0.4, -0.2) is 41.5 Å². The van der Waals surface area contributed by atoms with Crippen LogP contribution in [0.25, 0.3) is 0 Å². The van der Waals surface area contributed by atoms with E-state index in [9.17, 15) is 4.79 Å². The predicted molar refractivity (Wildman–Crippen MR) is 76.3 cm³/mol. The SMILES string of the molecule is CCNC1CCCN(C(=O)c2ccc(C)nc2C)C1. The minimum absolute atomic E-state index is 0.118. The zero-order chi connectivity index (χ0) is 13.8. The van der Waals surface area contributed by atoms with Crippen molar-refractivity contribution < 1.29 is 4.79 Å². The Morgan fingerprint density at radius 3 is 2.95 bits per heavy atom. The van der Waals surface area contributed by atoms with Gasteiger partial charge in [-0.05, 0) is 45.4 Å². The lowest BCUT2D eigenvalue weighted by Crippen LogP contribution is -2.48. The summed E-state index contributed by atoms with van der Waals surface area (Å²) in [4.78, 5) is 18.9. The number of rotatable bonds is 3. The first-order valence-corrected chi connectivity index (χ1v) is 7.08. The van der Waals surface area contributed by atoms with E-state index in [4.69, 9.17) is 0 Å². The van der Waals surface area contributed by atoms with E-state index in [-0.39, 0.29) is 5.91 Å². The monoisotopic (exact) mass is 261 g/mol. The molecular weight excluding hydrogens is 238 g/mol. The van der Waals surface area contributed by atoms with Crippen molar-refractivity contribution in [2.75, 3.05) is 19.6 Å². The normalized spacial score (nSPS) is 19.5. The van der Waals surface area contributed by atoms with Crippen molar-refractivity contribution in [3.8, 4) is 0 Å². The van der Waals surface area contributed by atoms with E-state index in [0.29, 0.717) is 6.04 Å². The first-order valence-electron chi connectivity index (χ1n) is 7.08. The second-order valence-corrected chi connectivity index (χ2v) is 5.23. The summed E-state index contributed by atoms with van der Waals surface area (Å²) in [6.07, 6.45) is 2.23. The van der Waals surface area contributed by atoms with Gasteiger partial charge >= 0.3 is 0 Å². The molecule has 1 amide bonds. The van der Waals surface area contributed by atoms with Crippen molar-refractivity contribution in [1.82, 2.24) is 15.2 Å². The number of carbonyl (C=O) groups excluding carboxylic acids is 1. The Labute approximate surface area is 115 Å². The summed E-state index contributed by atoms with van der Waals surface area (Å²) in [6.45, 7) is 8.58. The molecule has 0 spiro atoms. The number of nitrogens with zero attached hydrogens (tertiary/aromatic N) is 2. The molecule has 0 aromatic carbocycles. The Hall–Kier alpha value is -1.42. The van der Waals surface area contributed by atoms with Gasteiger partial charge in [0.25, 0.3) is 5.91 Å². The molecule has 4 heteroatoms. The number of hydrogen-bond acceptors (Lipinski definition) is 3. The number of likely N-dealkylation sites (tertiary alicyclic amines) is 1. The number of aromatic nitrogens is 1. The van der Waals surface area contributed by atoms with Crippen molar-refractivity contribution in [3.63, 3.8) is 0 Å². The highest BCUT2D eigenvalue weighted by atomic mass is 16.2. The fraction of sp³-hybridized carbons (Fsp3) is 0.600. The smallest absolute Gasteiger partial charge is 0.255 e. The second kappa shape index (κ2) is 6.15. The van der Waals surface area contributed by atoms with Crippen molar-refractivity contribution >= 4 is 5.91 Å². The molecule has 1 atom stereocenters. The van der Waals surface area contributed by atoms with Gasteiger partial charge in [-0.2, -0.15) is 0 Å². The third-order valence-corrected chi connectivity index (χ3v) is 3.66. The Balaban J connectivity index is 2.10. The third kappa shape index (κ3) is 3.32. The Kier molecular flexibility index (Phi) is 4.53. The maximum absolute atomic E-state index is 12.5. The molecule has 0 saturated carbocycles. The fourth-order valence-electron chi connectivity index (χ4n) is 2.70. The maximum atomic E-state index is 12.5. The molecule has 0 bridgehead atoms. The molecule has 1 saturated heterocycles. The average Bonchev–Trinajstić information content (AvgIpc) is 2.39. The Morgan fingerprint density at radius 1 is 1.47 bits per heavy atom. The quantitative estimate of drug-likeness (QED) is 0.904. The van der Waals surface area contributed by atoms with E-state index in [1.807, 2.05) is 30.9 Å². The van der Waals surface area contributed by atoms with E-state index in [1.165, 1.54) is 0 Å². The summed E-state index contributed by atoms with van der Waals surface area (Å²) in [6, 6.07) is 4.24. The van der Waals surface area contributed by atoms with Gasteiger partial charge in [-0.3, -0.25) is 9.78 Å². The van der Waals surface area contributed by atoms with E-state index < -0.39 is 0 Å². The molecule has 1 N–H and O–H groups in total. The van der Waals surface area contributed by atoms with Crippen LogP contribution < -0.4 is 5.32 Å². The highest BCUT2D eigenvalue weighted by Crippen LogP contribution is 2.15. The number of piperidine rings is 1. The number of amides is 1. The molecule has 0 radical (unpaired) electrons. The topological polar surface area (TPSA) is 45.2 Å². The van der Waals surface area contributed by atoms with Crippen LogP contribution in [0.1, 0.15) is 41.5 Å². The summed E-state index contributed by atoms with van der Waals surface area (Å²) in [5.74, 6) is 0.118. The minimum atomic E-state index is 0.118. The Bertz CT molecular complexity index is 457. The van der Waals surface area contributed by atoms with Crippen LogP contribution in [0.4, 0.5) is 0 Å². The molecule has 1 unspecified atom stereocenters. The number of hydrogen-bond donors (Lipinski definition) is 1.